The molecule has 0 saturated heterocycles. The monoisotopic (exact) mass is 321 g/mol. The molecule has 0 aliphatic heterocycles. The lowest BCUT2D eigenvalue weighted by Gasteiger charge is -2.06. The van der Waals surface area contributed by atoms with Gasteiger partial charge in [0.05, 0.1) is 11.2 Å². The van der Waals surface area contributed by atoms with Crippen LogP contribution in [0.1, 0.15) is 27.1 Å². The van der Waals surface area contributed by atoms with E-state index in [4.69, 9.17) is 9.97 Å². The minimum absolute atomic E-state index is 0.977. The Morgan fingerprint density at radius 1 is 0.957 bits per heavy atom. The highest BCUT2D eigenvalue weighted by molar-refractivity contribution is 7.07. The van der Waals surface area contributed by atoms with Gasteiger partial charge in [-0.3, -0.25) is 4.98 Å². The Morgan fingerprint density at radius 2 is 1.65 bits per heavy atom. The molecule has 0 amide bonds. The molecule has 4 rings (SSSR count). The second-order valence-electron chi connectivity index (χ2n) is 6.37. The first-order valence-corrected chi connectivity index (χ1v) is 8.56. The zero-order chi connectivity index (χ0) is 16.3. The van der Waals surface area contributed by atoms with Crippen LogP contribution in [0.15, 0.2) is 24.4 Å². The summed E-state index contributed by atoms with van der Waals surface area (Å²) in [4.78, 5) is 11.0. The lowest BCUT2D eigenvalue weighted by atomic mass is 10.0. The van der Waals surface area contributed by atoms with E-state index in [0.29, 0.717) is 0 Å². The zero-order valence-corrected chi connectivity index (χ0v) is 14.9. The van der Waals surface area contributed by atoms with E-state index in [1.165, 1.54) is 32.6 Å². The Balaban J connectivity index is 2.12. The number of aromatic nitrogens is 3. The van der Waals surface area contributed by atoms with Crippen LogP contribution in [0.2, 0.25) is 0 Å². The highest BCUT2D eigenvalue weighted by Crippen LogP contribution is 2.33. The van der Waals surface area contributed by atoms with Crippen molar-refractivity contribution in [2.24, 2.45) is 0 Å². The Labute approximate surface area is 139 Å². The fourth-order valence-electron chi connectivity index (χ4n) is 3.21. The maximum absolute atomic E-state index is 4.94. The van der Waals surface area contributed by atoms with Crippen LogP contribution >= 0.6 is 11.5 Å². The average Bonchev–Trinajstić information content (AvgIpc) is 2.97. The summed E-state index contributed by atoms with van der Waals surface area (Å²) in [5.74, 6) is 0. The first-order valence-electron chi connectivity index (χ1n) is 7.78. The molecule has 1 aromatic carbocycles. The molecule has 0 saturated carbocycles. The van der Waals surface area contributed by atoms with E-state index in [-0.39, 0.29) is 0 Å². The van der Waals surface area contributed by atoms with Gasteiger partial charge < -0.3 is 0 Å². The molecule has 0 radical (unpaired) electrons. The van der Waals surface area contributed by atoms with Crippen LogP contribution in [0.4, 0.5) is 0 Å². The highest BCUT2D eigenvalue weighted by atomic mass is 32.1. The molecule has 23 heavy (non-hydrogen) atoms. The van der Waals surface area contributed by atoms with Crippen LogP contribution < -0.4 is 0 Å². The van der Waals surface area contributed by atoms with E-state index in [1.54, 1.807) is 11.5 Å². The summed E-state index contributed by atoms with van der Waals surface area (Å²) in [7, 11) is 0. The van der Waals surface area contributed by atoms with Gasteiger partial charge in [0, 0.05) is 22.2 Å². The summed E-state index contributed by atoms with van der Waals surface area (Å²) in [6.07, 6.45) is 1.97. The predicted octanol–water partition coefficient (Wildman–Crippen LogP) is 5.15. The Bertz CT molecular complexity index is 1050. The van der Waals surface area contributed by atoms with Crippen molar-refractivity contribution >= 4 is 28.2 Å². The second-order valence-corrected chi connectivity index (χ2v) is 7.53. The third-order valence-electron chi connectivity index (χ3n) is 4.41. The molecule has 4 aromatic rings. The second kappa shape index (κ2) is 4.90. The molecule has 3 nitrogen and oxygen atoms in total. The van der Waals surface area contributed by atoms with Crippen molar-refractivity contribution in [3.63, 3.8) is 0 Å². The molecule has 3 aromatic heterocycles. The molecular formula is C19H19N3S. The van der Waals surface area contributed by atoms with Crippen molar-refractivity contribution < 1.29 is 0 Å². The third kappa shape index (κ3) is 2.09. The molecule has 0 fully saturated rings. The third-order valence-corrected chi connectivity index (χ3v) is 5.53. The number of nitrogens with zero attached hydrogens (tertiary/aromatic N) is 3. The van der Waals surface area contributed by atoms with Crippen LogP contribution in [0.5, 0.6) is 0 Å². The smallest absolute Gasteiger partial charge is 0.151 e. The fraction of sp³-hybridized carbons (Fsp3) is 0.263. The van der Waals surface area contributed by atoms with Crippen molar-refractivity contribution in [2.75, 3.05) is 0 Å². The summed E-state index contributed by atoms with van der Waals surface area (Å²) < 4.78 is 2.25. The molecular weight excluding hydrogens is 302 g/mol. The molecule has 0 N–H and O–H groups in total. The largest absolute Gasteiger partial charge is 0.254 e. The van der Waals surface area contributed by atoms with Crippen molar-refractivity contribution in [2.45, 2.75) is 34.6 Å². The summed E-state index contributed by atoms with van der Waals surface area (Å²) in [6, 6.07) is 6.57. The number of imidazole rings is 1. The number of hydrogen-bond donors (Lipinski definition) is 0. The highest BCUT2D eigenvalue weighted by Gasteiger charge is 2.18. The first kappa shape index (κ1) is 14.4. The first-order chi connectivity index (χ1) is 11.0. The predicted molar refractivity (Wildman–Crippen MR) is 97.5 cm³/mol. The summed E-state index contributed by atoms with van der Waals surface area (Å²) in [6.45, 7) is 10.7. The number of benzene rings is 1. The summed E-state index contributed by atoms with van der Waals surface area (Å²) >= 11 is 1.77. The van der Waals surface area contributed by atoms with E-state index in [2.05, 4.69) is 56.6 Å². The van der Waals surface area contributed by atoms with Gasteiger partial charge in [-0.15, -0.1) is 0 Å². The van der Waals surface area contributed by atoms with Crippen molar-refractivity contribution in [1.29, 1.82) is 0 Å². The topological polar surface area (TPSA) is 30.2 Å². The van der Waals surface area contributed by atoms with E-state index in [9.17, 15) is 0 Å². The van der Waals surface area contributed by atoms with Gasteiger partial charge in [0.1, 0.15) is 5.52 Å². The molecule has 116 valence electrons. The molecule has 0 unspecified atom stereocenters. The molecule has 0 spiro atoms. The minimum Gasteiger partial charge on any atom is -0.254 e. The summed E-state index contributed by atoms with van der Waals surface area (Å²) in [5.41, 5.74) is 10.3. The number of pyridine rings is 1. The minimum atomic E-state index is 0.977. The van der Waals surface area contributed by atoms with Crippen LogP contribution in [0.3, 0.4) is 0 Å². The van der Waals surface area contributed by atoms with Crippen LogP contribution in [0, 0.1) is 34.6 Å². The average molecular weight is 321 g/mol. The fourth-order valence-corrected chi connectivity index (χ4v) is 4.30. The van der Waals surface area contributed by atoms with E-state index < -0.39 is 0 Å². The quantitative estimate of drug-likeness (QED) is 0.485. The van der Waals surface area contributed by atoms with Crippen molar-refractivity contribution in [3.05, 3.63) is 51.5 Å². The Hall–Kier alpha value is -2.20. The number of hydrogen-bond acceptors (Lipinski definition) is 3. The maximum atomic E-state index is 4.94. The van der Waals surface area contributed by atoms with Crippen LogP contribution in [-0.2, 0) is 0 Å². The van der Waals surface area contributed by atoms with Crippen molar-refractivity contribution in [3.8, 4) is 11.3 Å². The normalized spacial score (nSPS) is 11.7. The van der Waals surface area contributed by atoms with Gasteiger partial charge in [-0.2, -0.15) is 0 Å². The number of fused-ring (bicyclic) bond motifs is 3. The summed E-state index contributed by atoms with van der Waals surface area (Å²) in [5, 5.41) is 0. The van der Waals surface area contributed by atoms with Crippen molar-refractivity contribution in [1.82, 2.24) is 13.8 Å². The van der Waals surface area contributed by atoms with Gasteiger partial charge in [0.15, 0.2) is 5.65 Å². The van der Waals surface area contributed by atoms with Crippen LogP contribution in [0.25, 0.3) is 27.9 Å². The number of aryl methyl sites for hydroxylation is 5. The van der Waals surface area contributed by atoms with E-state index in [0.717, 1.165) is 22.4 Å². The van der Waals surface area contributed by atoms with Gasteiger partial charge in [-0.1, -0.05) is 28.7 Å². The van der Waals surface area contributed by atoms with Gasteiger partial charge in [0.25, 0.3) is 0 Å². The molecule has 0 aliphatic rings. The molecule has 0 aliphatic carbocycles. The van der Waals surface area contributed by atoms with Gasteiger partial charge >= 0.3 is 0 Å². The lowest BCUT2D eigenvalue weighted by molar-refractivity contribution is 1.27. The number of rotatable bonds is 1. The SMILES string of the molecule is Cc1cc(C)cc(-c2ncc(C)c3c2nc2c(C)c(C)sn23)c1. The molecule has 0 atom stereocenters. The molecule has 4 heteroatoms. The molecule has 0 bridgehead atoms. The maximum Gasteiger partial charge on any atom is 0.151 e. The molecule has 3 heterocycles. The van der Waals surface area contributed by atoms with Gasteiger partial charge in [-0.25, -0.2) is 8.77 Å². The van der Waals surface area contributed by atoms with Crippen LogP contribution in [-0.4, -0.2) is 13.8 Å². The van der Waals surface area contributed by atoms with Gasteiger partial charge in [-0.05, 0) is 52.3 Å². The standard InChI is InChI=1S/C19H19N3S/c1-10-6-11(2)8-15(7-10)16-17-18(12(3)9-20-16)22-19(21-17)13(4)14(5)23-22/h6-9H,1-5H3. The van der Waals surface area contributed by atoms with E-state index in [1.807, 2.05) is 6.20 Å². The Morgan fingerprint density at radius 3 is 2.35 bits per heavy atom. The van der Waals surface area contributed by atoms with E-state index >= 15 is 0 Å². The lowest BCUT2D eigenvalue weighted by Crippen LogP contribution is -1.91. The van der Waals surface area contributed by atoms with Gasteiger partial charge in [0.2, 0.25) is 0 Å². The zero-order valence-electron chi connectivity index (χ0n) is 14.1. The Kier molecular flexibility index (Phi) is 3.07.